The van der Waals surface area contributed by atoms with Crippen molar-refractivity contribution < 1.29 is 26.9 Å². The molecule has 8 heteroatoms. The largest absolute Gasteiger partial charge is 0.491 e. The van der Waals surface area contributed by atoms with Crippen LogP contribution in [0.25, 0.3) is 0 Å². The Morgan fingerprint density at radius 2 is 1.70 bits per heavy atom. The fourth-order valence-electron chi connectivity index (χ4n) is 2.86. The number of unbranched alkanes of at least 4 members (excludes halogenated alkanes) is 6. The summed E-state index contributed by atoms with van der Waals surface area (Å²) in [6.07, 6.45) is 11.1. The van der Waals surface area contributed by atoms with E-state index in [1.54, 1.807) is 6.08 Å². The summed E-state index contributed by atoms with van der Waals surface area (Å²) < 4.78 is 43.0. The molecule has 1 unspecified atom stereocenters. The minimum atomic E-state index is -3.93. The fourth-order valence-corrected chi connectivity index (χ4v) is 3.28. The van der Waals surface area contributed by atoms with E-state index >= 15 is 0 Å². The Hall–Kier alpha value is -1.45. The second kappa shape index (κ2) is 16.3. The molecular weight excluding hydrogens is 406 g/mol. The van der Waals surface area contributed by atoms with Gasteiger partial charge in [0, 0.05) is 0 Å². The van der Waals surface area contributed by atoms with Gasteiger partial charge in [0.1, 0.15) is 18.5 Å². The van der Waals surface area contributed by atoms with E-state index in [9.17, 15) is 8.42 Å². The Bertz CT molecular complexity index is 663. The first-order valence-corrected chi connectivity index (χ1v) is 12.2. The molecule has 0 aliphatic rings. The van der Waals surface area contributed by atoms with Crippen molar-refractivity contribution in [2.75, 3.05) is 25.8 Å². The van der Waals surface area contributed by atoms with Crippen LogP contribution in [0.2, 0.25) is 0 Å². The highest BCUT2D eigenvalue weighted by molar-refractivity contribution is 7.86. The van der Waals surface area contributed by atoms with Crippen LogP contribution in [0.4, 0.5) is 0 Å². The molecule has 7 nitrogen and oxygen atoms in total. The van der Waals surface area contributed by atoms with Crippen molar-refractivity contribution in [2.45, 2.75) is 64.4 Å². The van der Waals surface area contributed by atoms with Gasteiger partial charge in [-0.1, -0.05) is 63.7 Å². The summed E-state index contributed by atoms with van der Waals surface area (Å²) in [6, 6.07) is 7.95. The topological polar surface area (TPSA) is 97.1 Å². The van der Waals surface area contributed by atoms with E-state index < -0.39 is 22.2 Å². The molecule has 0 aliphatic heterocycles. The third-order valence-electron chi connectivity index (χ3n) is 4.56. The highest BCUT2D eigenvalue weighted by atomic mass is 32.2. The van der Waals surface area contributed by atoms with Crippen molar-refractivity contribution >= 4 is 10.1 Å². The average molecular weight is 444 g/mol. The molecule has 172 valence electrons. The van der Waals surface area contributed by atoms with E-state index in [4.69, 9.17) is 20.1 Å². The molecule has 1 aromatic rings. The number of hydrogen-bond donors (Lipinski definition) is 1. The van der Waals surface area contributed by atoms with Crippen molar-refractivity contribution in [3.05, 3.63) is 42.5 Å². The van der Waals surface area contributed by atoms with Crippen LogP contribution in [0.1, 0.15) is 57.4 Å². The summed E-state index contributed by atoms with van der Waals surface area (Å²) in [5, 5.41) is 0. The monoisotopic (exact) mass is 443 g/mol. The first kappa shape index (κ1) is 26.6. The highest BCUT2D eigenvalue weighted by Gasteiger charge is 2.17. The van der Waals surface area contributed by atoms with E-state index in [0.717, 1.165) is 6.42 Å². The van der Waals surface area contributed by atoms with Gasteiger partial charge in [-0.25, -0.2) is 0 Å². The molecular formula is C22H37NO6S. The predicted molar refractivity (Wildman–Crippen MR) is 119 cm³/mol. The van der Waals surface area contributed by atoms with Crippen LogP contribution in [-0.4, -0.2) is 40.3 Å². The molecule has 0 aromatic heterocycles. The minimum absolute atomic E-state index is 0.133. The Kier molecular flexibility index (Phi) is 14.4. The van der Waals surface area contributed by atoms with E-state index in [2.05, 4.69) is 29.9 Å². The Morgan fingerprint density at radius 1 is 1.03 bits per heavy atom. The Balaban J connectivity index is 2.38. The van der Waals surface area contributed by atoms with Gasteiger partial charge in [0.25, 0.3) is 0 Å². The smallest absolute Gasteiger partial charge is 0.307 e. The van der Waals surface area contributed by atoms with Gasteiger partial charge >= 0.3 is 10.1 Å². The van der Waals surface area contributed by atoms with E-state index in [1.807, 2.05) is 12.1 Å². The van der Waals surface area contributed by atoms with Gasteiger partial charge in [0.15, 0.2) is 5.94 Å². The fraction of sp³-hybridized carbons (Fsp3) is 0.636. The zero-order valence-electron chi connectivity index (χ0n) is 18.1. The van der Waals surface area contributed by atoms with E-state index in [0.29, 0.717) is 12.4 Å². The maximum Gasteiger partial charge on any atom is 0.307 e. The van der Waals surface area contributed by atoms with Crippen LogP contribution in [0, 0.1) is 0 Å². The molecule has 1 aromatic carbocycles. The summed E-state index contributed by atoms with van der Waals surface area (Å²) in [5.74, 6) is 4.73. The third kappa shape index (κ3) is 13.0. The lowest BCUT2D eigenvalue weighted by Gasteiger charge is -2.18. The van der Waals surface area contributed by atoms with Crippen molar-refractivity contribution in [1.82, 2.24) is 0 Å². The first-order chi connectivity index (χ1) is 14.5. The zero-order valence-corrected chi connectivity index (χ0v) is 18.9. The van der Waals surface area contributed by atoms with Gasteiger partial charge in [-0.2, -0.15) is 18.6 Å². The zero-order chi connectivity index (χ0) is 22.1. The SMILES string of the molecule is C=CCOCC(COc1ccc(CCCCCCCCC)cc1)OCS(=O)(=O)ON. The predicted octanol–water partition coefficient (Wildman–Crippen LogP) is 4.12. The lowest BCUT2D eigenvalue weighted by Crippen LogP contribution is -2.30. The molecule has 1 rings (SSSR count). The van der Waals surface area contributed by atoms with Crippen LogP contribution in [0.15, 0.2) is 36.9 Å². The maximum absolute atomic E-state index is 11.3. The highest BCUT2D eigenvalue weighted by Crippen LogP contribution is 2.16. The minimum Gasteiger partial charge on any atom is -0.491 e. The molecule has 0 amide bonds. The van der Waals surface area contributed by atoms with Crippen LogP contribution in [0.5, 0.6) is 5.75 Å². The van der Waals surface area contributed by atoms with Gasteiger partial charge in [0.2, 0.25) is 0 Å². The number of hydrogen-bond acceptors (Lipinski definition) is 7. The lowest BCUT2D eigenvalue weighted by molar-refractivity contribution is -0.0172. The first-order valence-electron chi connectivity index (χ1n) is 10.6. The van der Waals surface area contributed by atoms with Gasteiger partial charge in [-0.3, -0.25) is 0 Å². The third-order valence-corrected chi connectivity index (χ3v) is 5.28. The molecule has 0 heterocycles. The number of benzene rings is 1. The normalized spacial score (nSPS) is 12.6. The number of aryl methyl sites for hydroxylation is 1. The molecule has 2 N–H and O–H groups in total. The lowest BCUT2D eigenvalue weighted by atomic mass is 10.0. The average Bonchev–Trinajstić information content (AvgIpc) is 2.75. The summed E-state index contributed by atoms with van der Waals surface area (Å²) in [5.41, 5.74) is 1.28. The molecule has 0 bridgehead atoms. The van der Waals surface area contributed by atoms with E-state index in [-0.39, 0.29) is 13.2 Å². The molecule has 0 radical (unpaired) electrons. The van der Waals surface area contributed by atoms with Crippen molar-refractivity contribution in [3.8, 4) is 5.75 Å². The summed E-state index contributed by atoms with van der Waals surface area (Å²) in [6.45, 7) is 6.42. The van der Waals surface area contributed by atoms with Crippen LogP contribution < -0.4 is 10.6 Å². The summed E-state index contributed by atoms with van der Waals surface area (Å²) >= 11 is 0. The van der Waals surface area contributed by atoms with Crippen molar-refractivity contribution in [2.24, 2.45) is 5.90 Å². The van der Waals surface area contributed by atoms with Crippen molar-refractivity contribution in [3.63, 3.8) is 0 Å². The second-order valence-corrected chi connectivity index (χ2v) is 8.76. The van der Waals surface area contributed by atoms with Gasteiger partial charge < -0.3 is 14.2 Å². The molecule has 0 spiro atoms. The van der Waals surface area contributed by atoms with Gasteiger partial charge in [-0.15, -0.1) is 6.58 Å². The van der Waals surface area contributed by atoms with Gasteiger partial charge in [0.05, 0.1) is 13.2 Å². The Labute approximate surface area is 181 Å². The molecule has 1 atom stereocenters. The summed E-state index contributed by atoms with van der Waals surface area (Å²) in [7, 11) is -3.93. The molecule has 0 fully saturated rings. The molecule has 0 saturated carbocycles. The van der Waals surface area contributed by atoms with E-state index in [1.165, 1.54) is 50.5 Å². The molecule has 0 saturated heterocycles. The second-order valence-electron chi connectivity index (χ2n) is 7.21. The standard InChI is InChI=1S/C22H37NO6S/c1-3-5-6-7-8-9-10-11-20-12-14-21(15-13-20)27-18-22(17-26-16-4-2)28-19-30(24,25)29-23/h4,12-15,22H,2-3,5-11,16-19,23H2,1H3. The quantitative estimate of drug-likeness (QED) is 0.195. The number of ether oxygens (including phenoxy) is 3. The molecule has 0 aliphatic carbocycles. The number of rotatable bonds is 19. The van der Waals surface area contributed by atoms with Crippen LogP contribution in [0.3, 0.4) is 0 Å². The molecule has 30 heavy (non-hydrogen) atoms. The maximum atomic E-state index is 11.3. The van der Waals surface area contributed by atoms with Crippen LogP contribution in [-0.2, 0) is 30.3 Å². The Morgan fingerprint density at radius 3 is 2.33 bits per heavy atom. The van der Waals surface area contributed by atoms with Gasteiger partial charge in [-0.05, 0) is 30.5 Å². The van der Waals surface area contributed by atoms with Crippen LogP contribution >= 0.6 is 0 Å². The summed E-state index contributed by atoms with van der Waals surface area (Å²) in [4.78, 5) is 0. The van der Waals surface area contributed by atoms with Crippen molar-refractivity contribution in [1.29, 1.82) is 0 Å². The number of nitrogens with two attached hydrogens (primary N) is 1.